The zero-order valence-corrected chi connectivity index (χ0v) is 12.1. The predicted octanol–water partition coefficient (Wildman–Crippen LogP) is 1.88. The molecule has 0 bridgehead atoms. The quantitative estimate of drug-likeness (QED) is 0.871. The Morgan fingerprint density at radius 1 is 1.38 bits per heavy atom. The number of nitrogens with two attached hydrogens (primary N) is 1. The molecule has 110 valence electrons. The van der Waals surface area contributed by atoms with Crippen molar-refractivity contribution < 1.29 is 9.21 Å². The number of amides is 1. The Morgan fingerprint density at radius 2 is 2.24 bits per heavy atom. The standard InChI is InChI=1S/C16H19N3O2/c1-18(10-13-5-3-9-21-13)15(20)11-19-8-7-12-4-2-6-14(17)16(12)19/h2-6,9H,7-8,10-11,17H2,1H3. The van der Waals surface area contributed by atoms with Gasteiger partial charge in [-0.05, 0) is 30.2 Å². The Morgan fingerprint density at radius 3 is 3.00 bits per heavy atom. The molecular formula is C16H19N3O2. The Bertz CT molecular complexity index is 637. The van der Waals surface area contributed by atoms with E-state index in [9.17, 15) is 4.79 Å². The van der Waals surface area contributed by atoms with Gasteiger partial charge in [-0.15, -0.1) is 0 Å². The first kappa shape index (κ1) is 13.5. The van der Waals surface area contributed by atoms with Gasteiger partial charge in [-0.2, -0.15) is 0 Å². The summed E-state index contributed by atoms with van der Waals surface area (Å²) in [6.07, 6.45) is 2.56. The first-order valence-electron chi connectivity index (χ1n) is 7.04. The van der Waals surface area contributed by atoms with Crippen molar-refractivity contribution in [2.75, 3.05) is 30.8 Å². The van der Waals surface area contributed by atoms with E-state index in [0.717, 1.165) is 30.1 Å². The van der Waals surface area contributed by atoms with Gasteiger partial charge in [-0.25, -0.2) is 0 Å². The van der Waals surface area contributed by atoms with Gasteiger partial charge in [0.1, 0.15) is 5.76 Å². The van der Waals surface area contributed by atoms with E-state index < -0.39 is 0 Å². The third-order valence-corrected chi connectivity index (χ3v) is 3.84. The number of rotatable bonds is 4. The number of carbonyl (C=O) groups is 1. The summed E-state index contributed by atoms with van der Waals surface area (Å²) in [6.45, 7) is 1.67. The van der Waals surface area contributed by atoms with Crippen molar-refractivity contribution in [1.29, 1.82) is 0 Å². The number of anilines is 2. The van der Waals surface area contributed by atoms with Gasteiger partial charge < -0.3 is 20.0 Å². The summed E-state index contributed by atoms with van der Waals surface area (Å²) in [4.78, 5) is 16.1. The van der Waals surface area contributed by atoms with Gasteiger partial charge in [0.25, 0.3) is 0 Å². The summed E-state index contributed by atoms with van der Waals surface area (Å²) < 4.78 is 5.27. The number of carbonyl (C=O) groups excluding carboxylic acids is 1. The van der Waals surface area contributed by atoms with Crippen molar-refractivity contribution >= 4 is 17.3 Å². The summed E-state index contributed by atoms with van der Waals surface area (Å²) >= 11 is 0. The van der Waals surface area contributed by atoms with Crippen LogP contribution in [0.4, 0.5) is 11.4 Å². The van der Waals surface area contributed by atoms with E-state index in [-0.39, 0.29) is 5.91 Å². The summed E-state index contributed by atoms with van der Waals surface area (Å²) in [6, 6.07) is 9.61. The van der Waals surface area contributed by atoms with Crippen LogP contribution in [0.3, 0.4) is 0 Å². The maximum Gasteiger partial charge on any atom is 0.242 e. The van der Waals surface area contributed by atoms with Crippen LogP contribution in [0.25, 0.3) is 0 Å². The van der Waals surface area contributed by atoms with Gasteiger partial charge >= 0.3 is 0 Å². The molecular weight excluding hydrogens is 266 g/mol. The summed E-state index contributed by atoms with van der Waals surface area (Å²) in [5.41, 5.74) is 9.01. The Hall–Kier alpha value is -2.43. The molecule has 1 aromatic heterocycles. The number of hydrogen-bond acceptors (Lipinski definition) is 4. The van der Waals surface area contributed by atoms with Crippen molar-refractivity contribution in [2.45, 2.75) is 13.0 Å². The second-order valence-corrected chi connectivity index (χ2v) is 5.36. The van der Waals surface area contributed by atoms with Crippen LogP contribution in [0, 0.1) is 0 Å². The lowest BCUT2D eigenvalue weighted by atomic mass is 10.1. The van der Waals surface area contributed by atoms with E-state index in [1.54, 1.807) is 18.2 Å². The van der Waals surface area contributed by atoms with Crippen molar-refractivity contribution in [3.63, 3.8) is 0 Å². The van der Waals surface area contributed by atoms with Gasteiger partial charge in [0.2, 0.25) is 5.91 Å². The fraction of sp³-hybridized carbons (Fsp3) is 0.312. The lowest BCUT2D eigenvalue weighted by Crippen LogP contribution is -2.37. The van der Waals surface area contributed by atoms with Gasteiger partial charge in [0.15, 0.2) is 0 Å². The second kappa shape index (κ2) is 5.52. The number of furan rings is 1. The molecule has 2 heterocycles. The highest BCUT2D eigenvalue weighted by Crippen LogP contribution is 2.33. The number of likely N-dealkylation sites (N-methyl/N-ethyl adjacent to an activating group) is 1. The molecule has 0 spiro atoms. The molecule has 5 heteroatoms. The molecule has 1 aliphatic rings. The van der Waals surface area contributed by atoms with Crippen LogP contribution >= 0.6 is 0 Å². The van der Waals surface area contributed by atoms with Gasteiger partial charge in [-0.3, -0.25) is 4.79 Å². The molecule has 21 heavy (non-hydrogen) atoms. The minimum atomic E-state index is 0.0579. The summed E-state index contributed by atoms with van der Waals surface area (Å²) in [5, 5.41) is 0. The topological polar surface area (TPSA) is 62.7 Å². The van der Waals surface area contributed by atoms with E-state index in [4.69, 9.17) is 10.2 Å². The van der Waals surface area contributed by atoms with Gasteiger partial charge in [0, 0.05) is 13.6 Å². The molecule has 0 saturated heterocycles. The molecule has 0 aliphatic carbocycles. The van der Waals surface area contributed by atoms with Crippen LogP contribution in [0.2, 0.25) is 0 Å². The number of fused-ring (bicyclic) bond motifs is 1. The highest BCUT2D eigenvalue weighted by atomic mass is 16.3. The SMILES string of the molecule is CN(Cc1ccco1)C(=O)CN1CCc2cccc(N)c21. The Kier molecular flexibility index (Phi) is 3.56. The molecule has 0 saturated carbocycles. The summed E-state index contributed by atoms with van der Waals surface area (Å²) in [5.74, 6) is 0.842. The third kappa shape index (κ3) is 2.72. The molecule has 1 aliphatic heterocycles. The fourth-order valence-electron chi connectivity index (χ4n) is 2.73. The average Bonchev–Trinajstić information content (AvgIpc) is 3.09. The monoisotopic (exact) mass is 285 g/mol. The van der Waals surface area contributed by atoms with E-state index in [0.29, 0.717) is 13.1 Å². The van der Waals surface area contributed by atoms with E-state index in [1.165, 1.54) is 5.56 Å². The first-order chi connectivity index (χ1) is 10.1. The first-order valence-corrected chi connectivity index (χ1v) is 7.04. The molecule has 0 radical (unpaired) electrons. The maximum absolute atomic E-state index is 12.3. The molecule has 0 unspecified atom stereocenters. The van der Waals surface area contributed by atoms with Crippen LogP contribution in [0.15, 0.2) is 41.0 Å². The lowest BCUT2D eigenvalue weighted by Gasteiger charge is -2.23. The fourth-order valence-corrected chi connectivity index (χ4v) is 2.73. The average molecular weight is 285 g/mol. The summed E-state index contributed by atoms with van der Waals surface area (Å²) in [7, 11) is 1.79. The maximum atomic E-state index is 12.3. The predicted molar refractivity (Wildman–Crippen MR) is 82.0 cm³/mol. The molecule has 0 fully saturated rings. The highest BCUT2D eigenvalue weighted by Gasteiger charge is 2.24. The van der Waals surface area contributed by atoms with Gasteiger partial charge in [-0.1, -0.05) is 12.1 Å². The molecule has 2 aromatic rings. The molecule has 0 atom stereocenters. The number of benzene rings is 1. The Labute approximate surface area is 123 Å². The van der Waals surface area contributed by atoms with Crippen molar-refractivity contribution in [1.82, 2.24) is 4.90 Å². The number of nitrogen functional groups attached to an aromatic ring is 1. The van der Waals surface area contributed by atoms with E-state index in [1.807, 2.05) is 24.3 Å². The minimum Gasteiger partial charge on any atom is -0.467 e. The molecule has 2 N–H and O–H groups in total. The number of nitrogens with zero attached hydrogens (tertiary/aromatic N) is 2. The van der Waals surface area contributed by atoms with Crippen molar-refractivity contribution in [3.05, 3.63) is 47.9 Å². The van der Waals surface area contributed by atoms with E-state index >= 15 is 0 Å². The third-order valence-electron chi connectivity index (χ3n) is 3.84. The van der Waals surface area contributed by atoms with Crippen LogP contribution < -0.4 is 10.6 Å². The Balaban J connectivity index is 1.67. The van der Waals surface area contributed by atoms with Crippen molar-refractivity contribution in [2.24, 2.45) is 0 Å². The van der Waals surface area contributed by atoms with Crippen molar-refractivity contribution in [3.8, 4) is 0 Å². The largest absolute Gasteiger partial charge is 0.467 e. The molecule has 1 amide bonds. The number of hydrogen-bond donors (Lipinski definition) is 1. The van der Waals surface area contributed by atoms with E-state index in [2.05, 4.69) is 11.0 Å². The smallest absolute Gasteiger partial charge is 0.242 e. The van der Waals surface area contributed by atoms with Crippen LogP contribution in [-0.2, 0) is 17.8 Å². The van der Waals surface area contributed by atoms with Crippen LogP contribution in [0.1, 0.15) is 11.3 Å². The zero-order chi connectivity index (χ0) is 14.8. The minimum absolute atomic E-state index is 0.0579. The molecule has 5 nitrogen and oxygen atoms in total. The van der Waals surface area contributed by atoms with Crippen LogP contribution in [0.5, 0.6) is 0 Å². The normalized spacial score (nSPS) is 13.3. The molecule has 1 aromatic carbocycles. The zero-order valence-electron chi connectivity index (χ0n) is 12.1. The number of para-hydroxylation sites is 1. The van der Waals surface area contributed by atoms with Crippen LogP contribution in [-0.4, -0.2) is 30.9 Å². The van der Waals surface area contributed by atoms with Gasteiger partial charge in [0.05, 0.1) is 30.7 Å². The second-order valence-electron chi connectivity index (χ2n) is 5.36. The lowest BCUT2D eigenvalue weighted by molar-refractivity contribution is -0.129. The molecule has 3 rings (SSSR count). The highest BCUT2D eigenvalue weighted by molar-refractivity contribution is 5.85.